The van der Waals surface area contributed by atoms with E-state index in [1.54, 1.807) is 26.2 Å². The minimum absolute atomic E-state index is 0.217. The van der Waals surface area contributed by atoms with E-state index in [9.17, 15) is 12.8 Å². The normalized spacial score (nSPS) is 16.7. The van der Waals surface area contributed by atoms with Crippen molar-refractivity contribution in [2.75, 3.05) is 25.9 Å². The molecule has 1 aliphatic carbocycles. The molecule has 0 bridgehead atoms. The number of nitrogens with zero attached hydrogens (tertiary/aromatic N) is 1. The second kappa shape index (κ2) is 7.83. The molecule has 8 heteroatoms. The van der Waals surface area contributed by atoms with E-state index in [-0.39, 0.29) is 10.0 Å². The van der Waals surface area contributed by atoms with Crippen LogP contribution in [0.15, 0.2) is 34.5 Å². The van der Waals surface area contributed by atoms with Gasteiger partial charge in [-0.3, -0.25) is 4.72 Å². The van der Waals surface area contributed by atoms with Gasteiger partial charge in [0, 0.05) is 16.3 Å². The maximum atomic E-state index is 13.6. The second-order valence-corrected chi connectivity index (χ2v) is 10.8. The summed E-state index contributed by atoms with van der Waals surface area (Å²) in [5, 5.41) is 0.631. The largest absolute Gasteiger partial charge is 0.496 e. The van der Waals surface area contributed by atoms with Crippen LogP contribution in [0.4, 0.5) is 10.1 Å². The summed E-state index contributed by atoms with van der Waals surface area (Å²) >= 11 is 1.16. The van der Waals surface area contributed by atoms with Crippen molar-refractivity contribution in [2.45, 2.75) is 36.4 Å². The fraction of sp³-hybridized carbons (Fsp3) is 0.364. The number of methoxy groups -OCH3 is 1. The van der Waals surface area contributed by atoms with Crippen LogP contribution in [0.2, 0.25) is 0 Å². The molecular formula is C22H25FN2O3S2. The molecule has 160 valence electrons. The predicted octanol–water partition coefficient (Wildman–Crippen LogP) is 4.58. The number of likely N-dealkylation sites (N-methyl/N-ethyl adjacent to an activating group) is 1. The maximum absolute atomic E-state index is 13.6. The van der Waals surface area contributed by atoms with Gasteiger partial charge >= 0.3 is 0 Å². The van der Waals surface area contributed by atoms with E-state index in [1.807, 2.05) is 6.07 Å². The topological polar surface area (TPSA) is 58.6 Å². The number of hydrogen-bond acceptors (Lipinski definition) is 5. The first-order chi connectivity index (χ1) is 14.2. The van der Waals surface area contributed by atoms with Crippen LogP contribution in [0, 0.1) is 12.7 Å². The lowest BCUT2D eigenvalue weighted by Gasteiger charge is -2.32. The molecule has 0 radical (unpaired) electrons. The first kappa shape index (κ1) is 21.1. The van der Waals surface area contributed by atoms with E-state index in [0.29, 0.717) is 22.7 Å². The molecule has 1 unspecified atom stereocenters. The number of halogens is 1. The van der Waals surface area contributed by atoms with Crippen LogP contribution in [0.25, 0.3) is 10.1 Å². The molecule has 4 rings (SSSR count). The van der Waals surface area contributed by atoms with Gasteiger partial charge in [-0.1, -0.05) is 0 Å². The van der Waals surface area contributed by atoms with Crippen molar-refractivity contribution in [1.29, 1.82) is 0 Å². The Morgan fingerprint density at radius 3 is 2.67 bits per heavy atom. The number of thiophene rings is 1. The third-order valence-corrected chi connectivity index (χ3v) is 9.11. The van der Waals surface area contributed by atoms with Gasteiger partial charge in [0.25, 0.3) is 10.0 Å². The lowest BCUT2D eigenvalue weighted by Crippen LogP contribution is -2.34. The number of aryl methyl sites for hydroxylation is 1. The first-order valence-electron chi connectivity index (χ1n) is 9.78. The molecule has 1 N–H and O–H groups in total. The summed E-state index contributed by atoms with van der Waals surface area (Å²) in [7, 11) is 1.95. The van der Waals surface area contributed by atoms with E-state index < -0.39 is 10.0 Å². The quantitative estimate of drug-likeness (QED) is 0.621. The Balaban J connectivity index is 1.74. The van der Waals surface area contributed by atoms with Crippen molar-refractivity contribution < 1.29 is 17.5 Å². The van der Waals surface area contributed by atoms with Crippen molar-refractivity contribution in [3.05, 3.63) is 52.8 Å². The van der Waals surface area contributed by atoms with Crippen LogP contribution >= 0.6 is 11.3 Å². The van der Waals surface area contributed by atoms with Crippen LogP contribution in [-0.2, 0) is 22.9 Å². The molecule has 0 saturated carbocycles. The molecule has 0 aliphatic heterocycles. The molecule has 1 heterocycles. The van der Waals surface area contributed by atoms with Crippen molar-refractivity contribution in [1.82, 2.24) is 4.90 Å². The summed E-state index contributed by atoms with van der Waals surface area (Å²) in [5.41, 5.74) is 3.20. The van der Waals surface area contributed by atoms with Crippen LogP contribution in [-0.4, -0.2) is 40.6 Å². The van der Waals surface area contributed by atoms with E-state index >= 15 is 0 Å². The van der Waals surface area contributed by atoms with Gasteiger partial charge < -0.3 is 9.64 Å². The molecule has 1 aliphatic rings. The number of rotatable bonds is 5. The van der Waals surface area contributed by atoms with E-state index in [1.165, 1.54) is 12.1 Å². The molecule has 5 nitrogen and oxygen atoms in total. The highest BCUT2D eigenvalue weighted by Crippen LogP contribution is 2.39. The lowest BCUT2D eigenvalue weighted by molar-refractivity contribution is 0.265. The van der Waals surface area contributed by atoms with E-state index in [0.717, 1.165) is 52.2 Å². The fourth-order valence-electron chi connectivity index (χ4n) is 4.18. The Hall–Kier alpha value is -2.16. The van der Waals surface area contributed by atoms with E-state index in [2.05, 4.69) is 23.7 Å². The molecule has 0 saturated heterocycles. The van der Waals surface area contributed by atoms with Gasteiger partial charge in [0.1, 0.15) is 15.8 Å². The smallest absolute Gasteiger partial charge is 0.271 e. The van der Waals surface area contributed by atoms with Crippen molar-refractivity contribution in [3.8, 4) is 5.75 Å². The summed E-state index contributed by atoms with van der Waals surface area (Å²) in [6.45, 7) is 1.72. The Morgan fingerprint density at radius 2 is 1.97 bits per heavy atom. The molecule has 2 aromatic carbocycles. The number of hydrogen-bond donors (Lipinski definition) is 1. The zero-order valence-electron chi connectivity index (χ0n) is 17.5. The lowest BCUT2D eigenvalue weighted by atomic mass is 9.86. The minimum atomic E-state index is -3.81. The summed E-state index contributed by atoms with van der Waals surface area (Å²) in [5.74, 6) is 0.410. The highest BCUT2D eigenvalue weighted by molar-refractivity contribution is 7.94. The fourth-order valence-corrected chi connectivity index (χ4v) is 7.02. The van der Waals surface area contributed by atoms with Crippen LogP contribution in [0.5, 0.6) is 5.75 Å². The zero-order chi connectivity index (χ0) is 21.6. The number of ether oxygens (including phenoxy) is 1. The number of anilines is 1. The van der Waals surface area contributed by atoms with Gasteiger partial charge in [0.05, 0.1) is 12.8 Å². The number of nitrogens with one attached hydrogen (secondary N) is 1. The van der Waals surface area contributed by atoms with Gasteiger partial charge in [-0.2, -0.15) is 0 Å². The van der Waals surface area contributed by atoms with E-state index in [4.69, 9.17) is 4.74 Å². The van der Waals surface area contributed by atoms with Gasteiger partial charge in [-0.15, -0.1) is 11.3 Å². The van der Waals surface area contributed by atoms with Crippen LogP contribution < -0.4 is 9.46 Å². The second-order valence-electron chi connectivity index (χ2n) is 7.89. The highest BCUT2D eigenvalue weighted by Gasteiger charge is 2.28. The summed E-state index contributed by atoms with van der Waals surface area (Å²) in [6.07, 6.45) is 2.52. The maximum Gasteiger partial charge on any atom is 0.271 e. The number of benzene rings is 2. The number of sulfonamides is 1. The van der Waals surface area contributed by atoms with Crippen molar-refractivity contribution in [3.63, 3.8) is 0 Å². The monoisotopic (exact) mass is 448 g/mol. The van der Waals surface area contributed by atoms with Crippen LogP contribution in [0.3, 0.4) is 0 Å². The molecule has 0 spiro atoms. The average Bonchev–Trinajstić information content (AvgIpc) is 3.04. The van der Waals surface area contributed by atoms with Gasteiger partial charge in [-0.05, 0) is 87.1 Å². The highest BCUT2D eigenvalue weighted by atomic mass is 32.2. The zero-order valence-corrected chi connectivity index (χ0v) is 19.1. The Labute approximate surface area is 180 Å². The SMILES string of the molecule is COc1ccc(NS(=O)(=O)c2sc3ccc(F)cc3c2C)c2c1CC(N(C)C)CC2. The minimum Gasteiger partial charge on any atom is -0.496 e. The standard InChI is InChI=1S/C22H25FN2O3S2/c1-13-17-11-14(23)5-10-21(17)29-22(13)30(26,27)24-19-8-9-20(28-4)18-12-15(25(2)3)6-7-16(18)19/h5,8-11,15,24H,6-7,12H2,1-4H3. The van der Waals surface area contributed by atoms with Gasteiger partial charge in [0.15, 0.2) is 0 Å². The molecule has 1 atom stereocenters. The third kappa shape index (κ3) is 3.68. The Morgan fingerprint density at radius 1 is 1.20 bits per heavy atom. The van der Waals surface area contributed by atoms with Gasteiger partial charge in [-0.25, -0.2) is 12.8 Å². The summed E-state index contributed by atoms with van der Waals surface area (Å²) < 4.78 is 49.5. The van der Waals surface area contributed by atoms with Crippen LogP contribution in [0.1, 0.15) is 23.1 Å². The molecule has 0 amide bonds. The average molecular weight is 449 g/mol. The first-order valence-corrected chi connectivity index (χ1v) is 12.1. The van der Waals surface area contributed by atoms with Crippen molar-refractivity contribution in [2.24, 2.45) is 0 Å². The molecule has 1 aromatic heterocycles. The number of fused-ring (bicyclic) bond motifs is 2. The predicted molar refractivity (Wildman–Crippen MR) is 120 cm³/mol. The molecular weight excluding hydrogens is 423 g/mol. The Kier molecular flexibility index (Phi) is 5.50. The summed E-state index contributed by atoms with van der Waals surface area (Å²) in [6, 6.07) is 8.34. The third-order valence-electron chi connectivity index (χ3n) is 5.85. The summed E-state index contributed by atoms with van der Waals surface area (Å²) in [4.78, 5) is 2.19. The van der Waals surface area contributed by atoms with Crippen molar-refractivity contribution >= 4 is 37.1 Å². The molecule has 3 aromatic rings. The molecule has 0 fully saturated rings. The molecule has 30 heavy (non-hydrogen) atoms. The Bertz CT molecular complexity index is 1220. The van der Waals surface area contributed by atoms with Gasteiger partial charge in [0.2, 0.25) is 0 Å².